The first-order chi connectivity index (χ1) is 10.3. The van der Waals surface area contributed by atoms with Crippen molar-refractivity contribution in [1.82, 2.24) is 4.90 Å². The second-order valence-electron chi connectivity index (χ2n) is 5.09. The summed E-state index contributed by atoms with van der Waals surface area (Å²) in [5, 5.41) is 0. The summed E-state index contributed by atoms with van der Waals surface area (Å²) in [5.74, 6) is 0. The molecular formula is C18H17NO2. The first kappa shape index (κ1) is 13.4. The Labute approximate surface area is 124 Å². The Morgan fingerprint density at radius 2 is 1.71 bits per heavy atom. The molecule has 1 heterocycles. The lowest BCUT2D eigenvalue weighted by Gasteiger charge is -2.19. The number of benzene rings is 2. The van der Waals surface area contributed by atoms with Gasteiger partial charge >= 0.3 is 6.09 Å². The number of cyclic esters (lactones) is 1. The summed E-state index contributed by atoms with van der Waals surface area (Å²) in [4.78, 5) is 13.7. The highest BCUT2D eigenvalue weighted by Gasteiger charge is 2.32. The lowest BCUT2D eigenvalue weighted by Crippen LogP contribution is -2.22. The van der Waals surface area contributed by atoms with Crippen molar-refractivity contribution in [2.24, 2.45) is 0 Å². The van der Waals surface area contributed by atoms with Gasteiger partial charge in [-0.1, -0.05) is 60.7 Å². The van der Waals surface area contributed by atoms with Crippen LogP contribution in [-0.4, -0.2) is 17.6 Å². The van der Waals surface area contributed by atoms with Crippen LogP contribution < -0.4 is 0 Å². The van der Waals surface area contributed by atoms with Gasteiger partial charge in [0.2, 0.25) is 0 Å². The molecule has 3 rings (SSSR count). The van der Waals surface area contributed by atoms with E-state index in [1.807, 2.05) is 73.8 Å². The first-order valence-electron chi connectivity index (χ1n) is 6.99. The van der Waals surface area contributed by atoms with Crippen molar-refractivity contribution in [1.29, 1.82) is 0 Å². The maximum absolute atomic E-state index is 12.0. The van der Waals surface area contributed by atoms with Crippen molar-refractivity contribution in [3.63, 3.8) is 0 Å². The summed E-state index contributed by atoms with van der Waals surface area (Å²) >= 11 is 0. The van der Waals surface area contributed by atoms with E-state index in [-0.39, 0.29) is 12.1 Å². The van der Waals surface area contributed by atoms with Crippen LogP contribution in [0.3, 0.4) is 0 Å². The molecule has 3 nitrogen and oxygen atoms in total. The van der Waals surface area contributed by atoms with E-state index in [0.717, 1.165) is 16.7 Å². The van der Waals surface area contributed by atoms with E-state index in [1.54, 1.807) is 4.90 Å². The Morgan fingerprint density at radius 3 is 2.38 bits per heavy atom. The number of amides is 1. The van der Waals surface area contributed by atoms with Gasteiger partial charge in [-0.3, -0.25) is 4.90 Å². The molecule has 1 aliphatic heterocycles. The fourth-order valence-corrected chi connectivity index (χ4v) is 2.49. The van der Waals surface area contributed by atoms with Crippen LogP contribution >= 0.6 is 0 Å². The van der Waals surface area contributed by atoms with Gasteiger partial charge in [-0.15, -0.1) is 0 Å². The maximum atomic E-state index is 12.0. The lowest BCUT2D eigenvalue weighted by molar-refractivity contribution is 0.166. The van der Waals surface area contributed by atoms with Gasteiger partial charge in [0.1, 0.15) is 6.61 Å². The van der Waals surface area contributed by atoms with Gasteiger partial charge < -0.3 is 4.74 Å². The number of hydrogen-bond donors (Lipinski definition) is 0. The smallest absolute Gasteiger partial charge is 0.414 e. The lowest BCUT2D eigenvalue weighted by atomic mass is 10.1. The van der Waals surface area contributed by atoms with Gasteiger partial charge in [0.05, 0.1) is 6.04 Å². The first-order valence-corrected chi connectivity index (χ1v) is 6.99. The minimum atomic E-state index is -0.292. The number of rotatable bonds is 3. The molecule has 3 heteroatoms. The third-order valence-corrected chi connectivity index (χ3v) is 3.66. The maximum Gasteiger partial charge on any atom is 0.414 e. The Bertz CT molecular complexity index is 649. The molecule has 0 radical (unpaired) electrons. The van der Waals surface area contributed by atoms with Crippen molar-refractivity contribution in [2.45, 2.75) is 13.0 Å². The second kappa shape index (κ2) is 5.83. The zero-order valence-electron chi connectivity index (χ0n) is 11.9. The molecule has 0 saturated carbocycles. The zero-order chi connectivity index (χ0) is 14.7. The van der Waals surface area contributed by atoms with E-state index in [2.05, 4.69) is 0 Å². The van der Waals surface area contributed by atoms with Gasteiger partial charge in [0, 0.05) is 6.20 Å². The van der Waals surface area contributed by atoms with Crippen LogP contribution in [-0.2, 0) is 4.74 Å². The van der Waals surface area contributed by atoms with Crippen molar-refractivity contribution in [3.8, 4) is 0 Å². The van der Waals surface area contributed by atoms with Crippen LogP contribution in [0.25, 0.3) is 5.57 Å². The number of carbonyl (C=O) groups is 1. The largest absolute Gasteiger partial charge is 0.447 e. The summed E-state index contributed by atoms with van der Waals surface area (Å²) in [5.41, 5.74) is 3.22. The molecule has 0 N–H and O–H groups in total. The topological polar surface area (TPSA) is 29.5 Å². The minimum absolute atomic E-state index is 0.0580. The number of ether oxygens (including phenoxy) is 1. The quantitative estimate of drug-likeness (QED) is 0.841. The van der Waals surface area contributed by atoms with E-state index < -0.39 is 0 Å². The van der Waals surface area contributed by atoms with Crippen LogP contribution in [0.1, 0.15) is 24.1 Å². The third kappa shape index (κ3) is 2.82. The predicted molar refractivity (Wildman–Crippen MR) is 82.5 cm³/mol. The fraction of sp³-hybridized carbons (Fsp3) is 0.167. The van der Waals surface area contributed by atoms with Crippen LogP contribution in [0, 0.1) is 0 Å². The Kier molecular flexibility index (Phi) is 3.73. The molecule has 0 bridgehead atoms. The molecule has 2 aromatic rings. The Morgan fingerprint density at radius 1 is 1.10 bits per heavy atom. The molecule has 1 fully saturated rings. The third-order valence-electron chi connectivity index (χ3n) is 3.66. The highest BCUT2D eigenvalue weighted by Crippen LogP contribution is 2.29. The van der Waals surface area contributed by atoms with Crippen LogP contribution in [0.15, 0.2) is 66.9 Å². The van der Waals surface area contributed by atoms with Gasteiger partial charge in [0.15, 0.2) is 0 Å². The summed E-state index contributed by atoms with van der Waals surface area (Å²) in [6, 6.07) is 19.9. The van der Waals surface area contributed by atoms with Crippen LogP contribution in [0.5, 0.6) is 0 Å². The monoisotopic (exact) mass is 279 g/mol. The number of nitrogens with zero attached hydrogens (tertiary/aromatic N) is 1. The van der Waals surface area contributed by atoms with Gasteiger partial charge in [-0.05, 0) is 23.6 Å². The van der Waals surface area contributed by atoms with E-state index >= 15 is 0 Å². The molecule has 0 spiro atoms. The summed E-state index contributed by atoms with van der Waals surface area (Å²) in [7, 11) is 0. The van der Waals surface area contributed by atoms with Crippen molar-refractivity contribution < 1.29 is 9.53 Å². The van der Waals surface area contributed by atoms with Gasteiger partial charge in [0.25, 0.3) is 0 Å². The summed E-state index contributed by atoms with van der Waals surface area (Å²) < 4.78 is 5.21. The number of carbonyl (C=O) groups excluding carboxylic acids is 1. The van der Waals surface area contributed by atoms with Crippen molar-refractivity contribution in [3.05, 3.63) is 78.0 Å². The molecule has 2 aromatic carbocycles. The van der Waals surface area contributed by atoms with Crippen molar-refractivity contribution in [2.75, 3.05) is 6.61 Å². The Hall–Kier alpha value is -2.55. The Balaban J connectivity index is 1.90. The molecule has 1 unspecified atom stereocenters. The second-order valence-corrected chi connectivity index (χ2v) is 5.09. The fourth-order valence-electron chi connectivity index (χ4n) is 2.49. The highest BCUT2D eigenvalue weighted by molar-refractivity contribution is 5.75. The zero-order valence-corrected chi connectivity index (χ0v) is 11.9. The average molecular weight is 279 g/mol. The van der Waals surface area contributed by atoms with Crippen molar-refractivity contribution >= 4 is 11.7 Å². The summed E-state index contributed by atoms with van der Waals surface area (Å²) in [6.07, 6.45) is 1.58. The van der Waals surface area contributed by atoms with E-state index in [9.17, 15) is 4.79 Å². The highest BCUT2D eigenvalue weighted by atomic mass is 16.6. The van der Waals surface area contributed by atoms with Gasteiger partial charge in [-0.25, -0.2) is 4.79 Å². The molecule has 1 aliphatic rings. The normalized spacial score (nSPS) is 18.7. The molecular weight excluding hydrogens is 262 g/mol. The number of allylic oxidation sites excluding steroid dienone is 1. The SMILES string of the molecule is CC(=CN1C(=O)OCC1c1ccccc1)c1ccccc1. The molecule has 106 valence electrons. The standard InChI is InChI=1S/C18H17NO2/c1-14(15-8-4-2-5-9-15)12-19-17(13-21-18(19)20)16-10-6-3-7-11-16/h2-12,17H,13H2,1H3. The van der Waals surface area contributed by atoms with Crippen LogP contribution in [0.4, 0.5) is 4.79 Å². The molecule has 1 atom stereocenters. The van der Waals surface area contributed by atoms with E-state index in [4.69, 9.17) is 4.74 Å². The predicted octanol–water partition coefficient (Wildman–Crippen LogP) is 4.24. The van der Waals surface area contributed by atoms with E-state index in [0.29, 0.717) is 6.61 Å². The molecule has 21 heavy (non-hydrogen) atoms. The summed E-state index contributed by atoms with van der Waals surface area (Å²) in [6.45, 7) is 2.39. The molecule has 1 saturated heterocycles. The minimum Gasteiger partial charge on any atom is -0.447 e. The van der Waals surface area contributed by atoms with Gasteiger partial charge in [-0.2, -0.15) is 0 Å². The molecule has 0 aliphatic carbocycles. The molecule has 1 amide bonds. The molecule has 0 aromatic heterocycles. The average Bonchev–Trinajstić information content (AvgIpc) is 2.90. The van der Waals surface area contributed by atoms with E-state index in [1.165, 1.54) is 0 Å². The number of hydrogen-bond acceptors (Lipinski definition) is 2. The van der Waals surface area contributed by atoms with Crippen LogP contribution in [0.2, 0.25) is 0 Å².